The Bertz CT molecular complexity index is 504. The number of likely N-dealkylation sites (tertiary alicyclic amines) is 1. The van der Waals surface area contributed by atoms with Gasteiger partial charge in [-0.15, -0.1) is 0 Å². The van der Waals surface area contributed by atoms with Crippen molar-refractivity contribution >= 4 is 5.84 Å². The maximum absolute atomic E-state index is 13.4. The lowest BCUT2D eigenvalue weighted by Crippen LogP contribution is -2.34. The Morgan fingerprint density at radius 3 is 2.95 bits per heavy atom. The molecule has 5 heteroatoms. The third kappa shape index (κ3) is 3.94. The average molecular weight is 293 g/mol. The van der Waals surface area contributed by atoms with E-state index in [0.29, 0.717) is 18.2 Å². The van der Waals surface area contributed by atoms with Gasteiger partial charge in [-0.3, -0.25) is 4.90 Å². The minimum atomic E-state index is -0.372. The Morgan fingerprint density at radius 1 is 1.43 bits per heavy atom. The van der Waals surface area contributed by atoms with E-state index in [0.717, 1.165) is 18.5 Å². The number of rotatable bonds is 4. The van der Waals surface area contributed by atoms with Crippen molar-refractivity contribution in [1.29, 1.82) is 0 Å². The molecule has 0 aromatic heterocycles. The summed E-state index contributed by atoms with van der Waals surface area (Å²) in [5.41, 5.74) is 7.07. The van der Waals surface area contributed by atoms with E-state index in [1.54, 1.807) is 6.07 Å². The quantitative estimate of drug-likeness (QED) is 0.388. The molecule has 1 aliphatic rings. The van der Waals surface area contributed by atoms with Crippen LogP contribution in [-0.4, -0.2) is 28.5 Å². The van der Waals surface area contributed by atoms with Gasteiger partial charge in [0, 0.05) is 18.2 Å². The van der Waals surface area contributed by atoms with Crippen molar-refractivity contribution in [3.05, 3.63) is 35.1 Å². The van der Waals surface area contributed by atoms with E-state index in [-0.39, 0.29) is 11.7 Å². The first-order chi connectivity index (χ1) is 10.2. The first-order valence-electron chi connectivity index (χ1n) is 7.66. The smallest absolute Gasteiger partial charge is 0.170 e. The lowest BCUT2D eigenvalue weighted by Gasteiger charge is -2.29. The molecule has 0 aliphatic carbocycles. The molecule has 0 spiro atoms. The van der Waals surface area contributed by atoms with Gasteiger partial charge in [-0.1, -0.05) is 31.0 Å². The average Bonchev–Trinajstić information content (AvgIpc) is 2.73. The van der Waals surface area contributed by atoms with E-state index in [1.807, 2.05) is 0 Å². The van der Waals surface area contributed by atoms with Crippen molar-refractivity contribution in [2.75, 3.05) is 6.54 Å². The zero-order valence-electron chi connectivity index (χ0n) is 12.6. The molecule has 1 unspecified atom stereocenters. The molecule has 1 aromatic rings. The fraction of sp³-hybridized carbons (Fsp3) is 0.562. The molecular formula is C16H24FN3O. The molecule has 1 saturated heterocycles. The highest BCUT2D eigenvalue weighted by Crippen LogP contribution is 2.23. The Balaban J connectivity index is 2.25. The predicted octanol–water partition coefficient (Wildman–Crippen LogP) is 3.07. The highest BCUT2D eigenvalue weighted by molar-refractivity contribution is 5.98. The molecule has 1 aromatic carbocycles. The van der Waals surface area contributed by atoms with Gasteiger partial charge < -0.3 is 10.9 Å². The first kappa shape index (κ1) is 15.8. The highest BCUT2D eigenvalue weighted by atomic mass is 19.1. The maximum atomic E-state index is 13.4. The number of nitrogens with zero attached hydrogens (tertiary/aromatic N) is 2. The predicted molar refractivity (Wildman–Crippen MR) is 81.9 cm³/mol. The molecule has 2 rings (SSSR count). The van der Waals surface area contributed by atoms with Gasteiger partial charge in [-0.25, -0.2) is 4.39 Å². The van der Waals surface area contributed by atoms with Crippen molar-refractivity contribution < 1.29 is 9.60 Å². The van der Waals surface area contributed by atoms with Gasteiger partial charge in [0.2, 0.25) is 0 Å². The first-order valence-corrected chi connectivity index (χ1v) is 7.66. The van der Waals surface area contributed by atoms with Crippen LogP contribution in [0.2, 0.25) is 0 Å². The number of halogens is 1. The van der Waals surface area contributed by atoms with Gasteiger partial charge in [-0.05, 0) is 43.5 Å². The minimum absolute atomic E-state index is 0.0348. The topological polar surface area (TPSA) is 61.8 Å². The van der Waals surface area contributed by atoms with Crippen molar-refractivity contribution in [2.24, 2.45) is 10.9 Å². The van der Waals surface area contributed by atoms with E-state index < -0.39 is 0 Å². The van der Waals surface area contributed by atoms with Crippen LogP contribution in [-0.2, 0) is 6.54 Å². The van der Waals surface area contributed by atoms with Crippen LogP contribution < -0.4 is 5.73 Å². The third-order valence-electron chi connectivity index (χ3n) is 4.30. The van der Waals surface area contributed by atoms with E-state index in [4.69, 9.17) is 10.9 Å². The fourth-order valence-electron chi connectivity index (χ4n) is 3.10. The maximum Gasteiger partial charge on any atom is 0.170 e. The molecular weight excluding hydrogens is 269 g/mol. The Kier molecular flexibility index (Phi) is 5.56. The number of oxime groups is 1. The Hall–Kier alpha value is -1.62. The molecule has 1 atom stereocenters. The molecule has 0 bridgehead atoms. The lowest BCUT2D eigenvalue weighted by atomic mass is 10.0. The summed E-state index contributed by atoms with van der Waals surface area (Å²) in [6.07, 6.45) is 6.04. The van der Waals surface area contributed by atoms with E-state index >= 15 is 0 Å². The summed E-state index contributed by atoms with van der Waals surface area (Å²) in [6, 6.07) is 5.06. The Morgan fingerprint density at radius 2 is 2.24 bits per heavy atom. The van der Waals surface area contributed by atoms with Crippen LogP contribution in [0.1, 0.15) is 50.2 Å². The second-order valence-corrected chi connectivity index (χ2v) is 5.67. The third-order valence-corrected chi connectivity index (χ3v) is 4.30. The summed E-state index contributed by atoms with van der Waals surface area (Å²) in [5, 5.41) is 11.9. The number of hydrogen-bond donors (Lipinski definition) is 2. The molecule has 3 N–H and O–H groups in total. The van der Waals surface area contributed by atoms with Gasteiger partial charge in [0.1, 0.15) is 5.82 Å². The summed E-state index contributed by atoms with van der Waals surface area (Å²) >= 11 is 0. The van der Waals surface area contributed by atoms with Crippen LogP contribution in [0.15, 0.2) is 23.4 Å². The van der Waals surface area contributed by atoms with E-state index in [2.05, 4.69) is 17.0 Å². The van der Waals surface area contributed by atoms with Gasteiger partial charge in [0.15, 0.2) is 5.84 Å². The SMILES string of the molecule is CCC1CCCCCN1Cc1ccc(F)cc1/C(N)=N/O. The van der Waals surface area contributed by atoms with Gasteiger partial charge in [0.05, 0.1) is 0 Å². The largest absolute Gasteiger partial charge is 0.409 e. The summed E-state index contributed by atoms with van der Waals surface area (Å²) in [7, 11) is 0. The van der Waals surface area contributed by atoms with Crippen LogP contribution in [0.4, 0.5) is 4.39 Å². The fourth-order valence-corrected chi connectivity index (χ4v) is 3.10. The minimum Gasteiger partial charge on any atom is -0.409 e. The van der Waals surface area contributed by atoms with Gasteiger partial charge in [-0.2, -0.15) is 0 Å². The molecule has 1 aliphatic heterocycles. The molecule has 1 heterocycles. The zero-order chi connectivity index (χ0) is 15.2. The monoisotopic (exact) mass is 293 g/mol. The van der Waals surface area contributed by atoms with Crippen molar-refractivity contribution in [3.8, 4) is 0 Å². The molecule has 4 nitrogen and oxygen atoms in total. The van der Waals surface area contributed by atoms with Crippen LogP contribution in [0.3, 0.4) is 0 Å². The summed E-state index contributed by atoms with van der Waals surface area (Å²) in [6.45, 7) is 3.97. The van der Waals surface area contributed by atoms with Gasteiger partial charge in [0.25, 0.3) is 0 Å². The zero-order valence-corrected chi connectivity index (χ0v) is 12.6. The van der Waals surface area contributed by atoms with Gasteiger partial charge >= 0.3 is 0 Å². The standard InChI is InChI=1S/C16H24FN3O/c1-2-14-6-4-3-5-9-20(14)11-12-7-8-13(17)10-15(12)16(18)19-21/h7-8,10,14,21H,2-6,9,11H2,1H3,(H2,18,19). The van der Waals surface area contributed by atoms with Crippen molar-refractivity contribution in [3.63, 3.8) is 0 Å². The molecule has 0 radical (unpaired) electrons. The number of hydrogen-bond acceptors (Lipinski definition) is 3. The molecule has 0 amide bonds. The summed E-state index contributed by atoms with van der Waals surface area (Å²) in [5.74, 6) is -0.407. The number of nitrogens with two attached hydrogens (primary N) is 1. The number of amidine groups is 1. The van der Waals surface area contributed by atoms with Crippen LogP contribution in [0, 0.1) is 5.82 Å². The molecule has 116 valence electrons. The number of benzene rings is 1. The van der Waals surface area contributed by atoms with Crippen LogP contribution >= 0.6 is 0 Å². The van der Waals surface area contributed by atoms with Crippen LogP contribution in [0.25, 0.3) is 0 Å². The normalized spacial score (nSPS) is 21.2. The highest BCUT2D eigenvalue weighted by Gasteiger charge is 2.21. The molecule has 1 fully saturated rings. The lowest BCUT2D eigenvalue weighted by molar-refractivity contribution is 0.186. The van der Waals surface area contributed by atoms with E-state index in [9.17, 15) is 4.39 Å². The summed E-state index contributed by atoms with van der Waals surface area (Å²) in [4.78, 5) is 2.44. The van der Waals surface area contributed by atoms with Crippen molar-refractivity contribution in [2.45, 2.75) is 51.6 Å². The second-order valence-electron chi connectivity index (χ2n) is 5.67. The van der Waals surface area contributed by atoms with Crippen molar-refractivity contribution in [1.82, 2.24) is 4.90 Å². The van der Waals surface area contributed by atoms with Crippen LogP contribution in [0.5, 0.6) is 0 Å². The summed E-state index contributed by atoms with van der Waals surface area (Å²) < 4.78 is 13.4. The molecule has 0 saturated carbocycles. The second kappa shape index (κ2) is 7.41. The Labute approximate surface area is 125 Å². The molecule has 21 heavy (non-hydrogen) atoms. The van der Waals surface area contributed by atoms with E-state index in [1.165, 1.54) is 37.8 Å².